The van der Waals surface area contributed by atoms with Crippen LogP contribution in [0.5, 0.6) is 0 Å². The third-order valence-electron chi connectivity index (χ3n) is 3.09. The van der Waals surface area contributed by atoms with Crippen LogP contribution < -0.4 is 5.32 Å². The van der Waals surface area contributed by atoms with E-state index in [2.05, 4.69) is 53.3 Å². The fourth-order valence-electron chi connectivity index (χ4n) is 2.02. The lowest BCUT2D eigenvalue weighted by atomic mass is 10.0. The van der Waals surface area contributed by atoms with Crippen LogP contribution >= 0.6 is 39.1 Å². The molecule has 0 saturated heterocycles. The summed E-state index contributed by atoms with van der Waals surface area (Å²) in [6.45, 7) is 4.92. The fourth-order valence-corrected chi connectivity index (χ4v) is 3.36. The summed E-state index contributed by atoms with van der Waals surface area (Å²) in [5.41, 5.74) is 4.57. The molecule has 4 heteroatoms. The van der Waals surface area contributed by atoms with E-state index >= 15 is 0 Å². The zero-order valence-electron chi connectivity index (χ0n) is 10.7. The Morgan fingerprint density at radius 3 is 2.11 bits per heavy atom. The molecule has 0 saturated carbocycles. The van der Waals surface area contributed by atoms with Crippen molar-refractivity contribution in [3.63, 3.8) is 0 Å². The molecule has 0 atom stereocenters. The number of anilines is 1. The first-order valence-corrected chi connectivity index (χ1v) is 7.47. The summed E-state index contributed by atoms with van der Waals surface area (Å²) >= 11 is 15.8. The average Bonchev–Trinajstić information content (AvgIpc) is 2.31. The van der Waals surface area contributed by atoms with Crippen molar-refractivity contribution in [3.05, 3.63) is 61.5 Å². The van der Waals surface area contributed by atoms with Gasteiger partial charge in [0, 0.05) is 11.0 Å². The van der Waals surface area contributed by atoms with Crippen LogP contribution in [-0.4, -0.2) is 0 Å². The number of halogens is 3. The molecule has 0 aliphatic carbocycles. The second kappa shape index (κ2) is 6.17. The van der Waals surface area contributed by atoms with Crippen molar-refractivity contribution < 1.29 is 0 Å². The van der Waals surface area contributed by atoms with E-state index in [-0.39, 0.29) is 0 Å². The van der Waals surface area contributed by atoms with Gasteiger partial charge in [-0.2, -0.15) is 0 Å². The molecule has 0 fully saturated rings. The minimum Gasteiger partial charge on any atom is -0.379 e. The topological polar surface area (TPSA) is 12.0 Å². The van der Waals surface area contributed by atoms with E-state index in [0.29, 0.717) is 16.6 Å². The van der Waals surface area contributed by atoms with Gasteiger partial charge in [-0.05, 0) is 42.7 Å². The number of hydrogen-bond acceptors (Lipinski definition) is 1. The molecule has 2 aromatic carbocycles. The van der Waals surface area contributed by atoms with Gasteiger partial charge in [-0.1, -0.05) is 57.3 Å². The lowest BCUT2D eigenvalue weighted by molar-refractivity contribution is 1.09. The van der Waals surface area contributed by atoms with Crippen LogP contribution in [0.25, 0.3) is 0 Å². The Bertz CT molecular complexity index is 568. The number of benzene rings is 2. The lowest BCUT2D eigenvalue weighted by Crippen LogP contribution is -2.04. The predicted octanol–water partition coefficient (Wildman–Crippen LogP) is 5.98. The Morgan fingerprint density at radius 2 is 1.58 bits per heavy atom. The number of hydrogen-bond donors (Lipinski definition) is 1. The number of aryl methyl sites for hydroxylation is 2. The highest BCUT2D eigenvalue weighted by Gasteiger charge is 2.08. The highest BCUT2D eigenvalue weighted by Crippen LogP contribution is 2.34. The molecule has 0 aliphatic heterocycles. The molecule has 1 nitrogen and oxygen atoms in total. The monoisotopic (exact) mass is 357 g/mol. The van der Waals surface area contributed by atoms with E-state index in [1.54, 1.807) is 0 Å². The maximum atomic E-state index is 6.20. The molecule has 0 radical (unpaired) electrons. The van der Waals surface area contributed by atoms with Crippen LogP contribution in [0.3, 0.4) is 0 Å². The molecule has 0 heterocycles. The molecule has 0 unspecified atom stereocenters. The molecule has 2 rings (SSSR count). The SMILES string of the molecule is Cc1cccc(C)c1CNc1c(Cl)cc(Br)cc1Cl. The third-order valence-corrected chi connectivity index (χ3v) is 4.15. The smallest absolute Gasteiger partial charge is 0.0722 e. The largest absolute Gasteiger partial charge is 0.379 e. The van der Waals surface area contributed by atoms with Gasteiger partial charge in [-0.25, -0.2) is 0 Å². The van der Waals surface area contributed by atoms with Crippen LogP contribution in [0.1, 0.15) is 16.7 Å². The average molecular weight is 359 g/mol. The van der Waals surface area contributed by atoms with E-state index in [9.17, 15) is 0 Å². The summed E-state index contributed by atoms with van der Waals surface area (Å²) in [7, 11) is 0. The lowest BCUT2D eigenvalue weighted by Gasteiger charge is -2.14. The maximum Gasteiger partial charge on any atom is 0.0722 e. The van der Waals surface area contributed by atoms with Gasteiger partial charge >= 0.3 is 0 Å². The number of nitrogens with one attached hydrogen (secondary N) is 1. The van der Waals surface area contributed by atoms with Crippen LogP contribution in [0.2, 0.25) is 10.0 Å². The molecule has 2 aromatic rings. The molecular formula is C15H14BrCl2N. The maximum absolute atomic E-state index is 6.20. The van der Waals surface area contributed by atoms with Crippen molar-refractivity contribution >= 4 is 44.8 Å². The van der Waals surface area contributed by atoms with Crippen LogP contribution in [-0.2, 0) is 6.54 Å². The van der Waals surface area contributed by atoms with E-state index in [1.807, 2.05) is 12.1 Å². The van der Waals surface area contributed by atoms with Crippen molar-refractivity contribution in [1.29, 1.82) is 0 Å². The Morgan fingerprint density at radius 1 is 1.05 bits per heavy atom. The zero-order valence-corrected chi connectivity index (χ0v) is 13.8. The van der Waals surface area contributed by atoms with E-state index in [1.165, 1.54) is 16.7 Å². The standard InChI is InChI=1S/C15H14BrCl2N/c1-9-4-3-5-10(2)12(9)8-19-15-13(17)6-11(16)7-14(15)18/h3-7,19H,8H2,1-2H3. The molecule has 1 N–H and O–H groups in total. The summed E-state index contributed by atoms with van der Waals surface area (Å²) in [4.78, 5) is 0. The van der Waals surface area contributed by atoms with Crippen molar-refractivity contribution in [2.24, 2.45) is 0 Å². The van der Waals surface area contributed by atoms with Crippen molar-refractivity contribution in [3.8, 4) is 0 Å². The summed E-state index contributed by atoms with van der Waals surface area (Å²) in [5.74, 6) is 0. The molecule has 0 aromatic heterocycles. The first-order chi connectivity index (χ1) is 8.99. The second-order valence-corrected chi connectivity index (χ2v) is 6.20. The molecule has 19 heavy (non-hydrogen) atoms. The second-order valence-electron chi connectivity index (χ2n) is 4.47. The van der Waals surface area contributed by atoms with E-state index < -0.39 is 0 Å². The Balaban J connectivity index is 2.24. The van der Waals surface area contributed by atoms with Gasteiger partial charge in [0.25, 0.3) is 0 Å². The summed E-state index contributed by atoms with van der Waals surface area (Å²) in [5, 5.41) is 4.55. The molecule has 0 spiro atoms. The Hall–Kier alpha value is -0.700. The molecule has 0 aliphatic rings. The molecule has 0 amide bonds. The molecular weight excluding hydrogens is 345 g/mol. The van der Waals surface area contributed by atoms with E-state index in [0.717, 1.165) is 10.2 Å². The summed E-state index contributed by atoms with van der Waals surface area (Å²) in [6, 6.07) is 9.94. The van der Waals surface area contributed by atoms with Gasteiger partial charge in [0.1, 0.15) is 0 Å². The van der Waals surface area contributed by atoms with Gasteiger partial charge < -0.3 is 5.32 Å². The predicted molar refractivity (Wildman–Crippen MR) is 87.4 cm³/mol. The fraction of sp³-hybridized carbons (Fsp3) is 0.200. The van der Waals surface area contributed by atoms with Gasteiger partial charge in [0.05, 0.1) is 15.7 Å². The first-order valence-electron chi connectivity index (χ1n) is 5.92. The van der Waals surface area contributed by atoms with Crippen LogP contribution in [0, 0.1) is 13.8 Å². The first kappa shape index (κ1) is 14.7. The van der Waals surface area contributed by atoms with E-state index in [4.69, 9.17) is 23.2 Å². The van der Waals surface area contributed by atoms with Crippen LogP contribution in [0.4, 0.5) is 5.69 Å². The highest BCUT2D eigenvalue weighted by molar-refractivity contribution is 9.10. The van der Waals surface area contributed by atoms with Crippen molar-refractivity contribution in [2.75, 3.05) is 5.32 Å². The minimum atomic E-state index is 0.616. The molecule has 100 valence electrons. The van der Waals surface area contributed by atoms with Crippen LogP contribution in [0.15, 0.2) is 34.8 Å². The van der Waals surface area contributed by atoms with Crippen molar-refractivity contribution in [1.82, 2.24) is 0 Å². The third kappa shape index (κ3) is 3.44. The normalized spacial score (nSPS) is 10.6. The van der Waals surface area contributed by atoms with Gasteiger partial charge in [0.2, 0.25) is 0 Å². The van der Waals surface area contributed by atoms with Gasteiger partial charge in [0.15, 0.2) is 0 Å². The summed E-state index contributed by atoms with van der Waals surface area (Å²) in [6.07, 6.45) is 0. The molecule has 0 bridgehead atoms. The Labute approximate surface area is 132 Å². The Kier molecular flexibility index (Phi) is 4.77. The summed E-state index contributed by atoms with van der Waals surface area (Å²) < 4.78 is 0.875. The number of rotatable bonds is 3. The zero-order chi connectivity index (χ0) is 14.0. The van der Waals surface area contributed by atoms with Gasteiger partial charge in [-0.15, -0.1) is 0 Å². The quantitative estimate of drug-likeness (QED) is 0.710. The van der Waals surface area contributed by atoms with Crippen molar-refractivity contribution in [2.45, 2.75) is 20.4 Å². The highest BCUT2D eigenvalue weighted by atomic mass is 79.9. The minimum absolute atomic E-state index is 0.616. The van der Waals surface area contributed by atoms with Gasteiger partial charge in [-0.3, -0.25) is 0 Å².